The van der Waals surface area contributed by atoms with Crippen molar-refractivity contribution in [2.45, 2.75) is 19.1 Å². The summed E-state index contributed by atoms with van der Waals surface area (Å²) in [5.41, 5.74) is 0.741. The molecule has 76 valence electrons. The van der Waals surface area contributed by atoms with Crippen LogP contribution in [-0.2, 0) is 0 Å². The maximum atomic E-state index is 13.2. The van der Waals surface area contributed by atoms with E-state index in [2.05, 4.69) is 0 Å². The van der Waals surface area contributed by atoms with Crippen LogP contribution in [-0.4, -0.2) is 13.5 Å². The molecule has 0 atom stereocenters. The molecule has 0 amide bonds. The summed E-state index contributed by atoms with van der Waals surface area (Å²) in [6, 6.07) is 7.52. The highest BCUT2D eigenvalue weighted by molar-refractivity contribution is 6.70. The second-order valence-electron chi connectivity index (χ2n) is 3.88. The Balaban J connectivity index is 2.65. The SMILES string of the molecule is C[Si](C)(F)C/C=C\c1ccccc1O. The van der Waals surface area contributed by atoms with E-state index >= 15 is 0 Å². The third kappa shape index (κ3) is 3.74. The van der Waals surface area contributed by atoms with Crippen molar-refractivity contribution in [1.82, 2.24) is 0 Å². The van der Waals surface area contributed by atoms with E-state index in [4.69, 9.17) is 0 Å². The van der Waals surface area contributed by atoms with Crippen LogP contribution < -0.4 is 0 Å². The Morgan fingerprint density at radius 1 is 1.36 bits per heavy atom. The predicted octanol–water partition coefficient (Wildman–Crippen LogP) is 3.58. The highest BCUT2D eigenvalue weighted by Gasteiger charge is 2.17. The minimum absolute atomic E-state index is 0.238. The van der Waals surface area contributed by atoms with Gasteiger partial charge in [0.05, 0.1) is 0 Å². The second kappa shape index (κ2) is 4.42. The first-order valence-electron chi connectivity index (χ1n) is 4.62. The van der Waals surface area contributed by atoms with Crippen LogP contribution in [0.25, 0.3) is 6.08 Å². The largest absolute Gasteiger partial charge is 0.507 e. The lowest BCUT2D eigenvalue weighted by molar-refractivity contribution is 0.474. The molecule has 0 spiro atoms. The molecule has 14 heavy (non-hydrogen) atoms. The van der Waals surface area contributed by atoms with Gasteiger partial charge in [-0.2, -0.15) is 0 Å². The number of allylic oxidation sites excluding steroid dienone is 1. The summed E-state index contributed by atoms with van der Waals surface area (Å²) in [4.78, 5) is 0. The smallest absolute Gasteiger partial charge is 0.244 e. The zero-order valence-corrected chi connectivity index (χ0v) is 9.50. The molecule has 3 heteroatoms. The van der Waals surface area contributed by atoms with Crippen LogP contribution in [0.2, 0.25) is 19.1 Å². The monoisotopic (exact) mass is 210 g/mol. The minimum atomic E-state index is -2.50. The van der Waals surface area contributed by atoms with Gasteiger partial charge in [0, 0.05) is 5.56 Å². The molecule has 0 aliphatic heterocycles. The molecule has 1 aromatic carbocycles. The van der Waals surface area contributed by atoms with Gasteiger partial charge in [-0.15, -0.1) is 0 Å². The van der Waals surface area contributed by atoms with Gasteiger partial charge in [0.1, 0.15) is 5.75 Å². The molecule has 0 aromatic heterocycles. The Hall–Kier alpha value is -1.09. The van der Waals surface area contributed by atoms with Crippen LogP contribution in [0.3, 0.4) is 0 Å². The molecule has 1 rings (SSSR count). The third-order valence-electron chi connectivity index (χ3n) is 1.84. The summed E-state index contributed by atoms with van der Waals surface area (Å²) in [6.45, 7) is 3.34. The number of hydrogen-bond donors (Lipinski definition) is 1. The molecule has 0 aliphatic rings. The summed E-state index contributed by atoms with van der Waals surface area (Å²) in [5, 5.41) is 9.41. The van der Waals surface area contributed by atoms with Crippen molar-refractivity contribution in [3.05, 3.63) is 35.9 Å². The van der Waals surface area contributed by atoms with E-state index in [0.29, 0.717) is 6.04 Å². The van der Waals surface area contributed by atoms with E-state index in [-0.39, 0.29) is 5.75 Å². The third-order valence-corrected chi connectivity index (χ3v) is 3.04. The number of halogens is 1. The van der Waals surface area contributed by atoms with Gasteiger partial charge in [-0.25, -0.2) is 0 Å². The second-order valence-corrected chi connectivity index (χ2v) is 7.73. The maximum absolute atomic E-state index is 13.2. The first-order valence-corrected chi connectivity index (χ1v) is 7.71. The minimum Gasteiger partial charge on any atom is -0.507 e. The standard InChI is InChI=1S/C11H15FOSi/c1-14(2,12)9-5-7-10-6-3-4-8-11(10)13/h3-8,13H,9H2,1-2H3/b7-5-. The Kier molecular flexibility index (Phi) is 3.47. The fourth-order valence-corrected chi connectivity index (χ4v) is 1.77. The Labute approximate surface area is 85.1 Å². The number of phenolic OH excluding ortho intramolecular Hbond substituents is 1. The number of hydrogen-bond acceptors (Lipinski definition) is 1. The van der Waals surface area contributed by atoms with E-state index in [0.717, 1.165) is 5.56 Å². The van der Waals surface area contributed by atoms with Crippen LogP contribution >= 0.6 is 0 Å². The number of rotatable bonds is 3. The number of aromatic hydroxyl groups is 1. The van der Waals surface area contributed by atoms with Gasteiger partial charge in [0.2, 0.25) is 8.41 Å². The Bertz CT molecular complexity index is 328. The summed E-state index contributed by atoms with van der Waals surface area (Å²) in [5.74, 6) is 0.238. The quantitative estimate of drug-likeness (QED) is 0.597. The van der Waals surface area contributed by atoms with Gasteiger partial charge in [-0.1, -0.05) is 30.4 Å². The summed E-state index contributed by atoms with van der Waals surface area (Å²) in [6.07, 6.45) is 3.56. The fourth-order valence-electron chi connectivity index (χ4n) is 1.09. The lowest BCUT2D eigenvalue weighted by atomic mass is 10.2. The zero-order valence-electron chi connectivity index (χ0n) is 8.50. The number of benzene rings is 1. The van der Waals surface area contributed by atoms with Gasteiger partial charge in [-0.3, -0.25) is 0 Å². The topological polar surface area (TPSA) is 20.2 Å². The average Bonchev–Trinajstić information content (AvgIpc) is 2.06. The van der Waals surface area contributed by atoms with Crippen molar-refractivity contribution >= 4 is 14.5 Å². The van der Waals surface area contributed by atoms with Crippen molar-refractivity contribution in [2.75, 3.05) is 0 Å². The lowest BCUT2D eigenvalue weighted by Crippen LogP contribution is -2.15. The van der Waals surface area contributed by atoms with Crippen molar-refractivity contribution in [1.29, 1.82) is 0 Å². The Morgan fingerprint density at radius 3 is 2.57 bits per heavy atom. The highest BCUT2D eigenvalue weighted by Crippen LogP contribution is 2.19. The first-order chi connectivity index (χ1) is 6.49. The molecular weight excluding hydrogens is 195 g/mol. The maximum Gasteiger partial charge on any atom is 0.244 e. The molecule has 1 aromatic rings. The molecule has 0 fully saturated rings. The molecule has 1 nitrogen and oxygen atoms in total. The van der Waals surface area contributed by atoms with Gasteiger partial charge >= 0.3 is 0 Å². The number of para-hydroxylation sites is 1. The van der Waals surface area contributed by atoms with Crippen LogP contribution in [0.15, 0.2) is 30.3 Å². The van der Waals surface area contributed by atoms with Gasteiger partial charge < -0.3 is 9.21 Å². The summed E-state index contributed by atoms with van der Waals surface area (Å²) >= 11 is 0. The van der Waals surface area contributed by atoms with Gasteiger partial charge in [0.15, 0.2) is 0 Å². The molecule has 1 N–H and O–H groups in total. The van der Waals surface area contributed by atoms with Crippen molar-refractivity contribution in [3.8, 4) is 5.75 Å². The molecule has 0 bridgehead atoms. The summed E-state index contributed by atoms with van der Waals surface area (Å²) < 4.78 is 13.2. The van der Waals surface area contributed by atoms with Gasteiger partial charge in [-0.05, 0) is 25.2 Å². The zero-order chi connectivity index (χ0) is 10.6. The predicted molar refractivity (Wildman–Crippen MR) is 60.5 cm³/mol. The lowest BCUT2D eigenvalue weighted by Gasteiger charge is -2.05. The average molecular weight is 210 g/mol. The molecule has 0 aliphatic carbocycles. The highest BCUT2D eigenvalue weighted by atomic mass is 28.4. The Morgan fingerprint density at radius 2 is 2.00 bits per heavy atom. The normalized spacial score (nSPS) is 12.2. The first kappa shape index (κ1) is 11.0. The molecule has 0 radical (unpaired) electrons. The van der Waals surface area contributed by atoms with E-state index in [1.165, 1.54) is 0 Å². The van der Waals surface area contributed by atoms with Crippen LogP contribution in [0.4, 0.5) is 4.11 Å². The van der Waals surface area contributed by atoms with Crippen molar-refractivity contribution in [3.63, 3.8) is 0 Å². The van der Waals surface area contributed by atoms with Crippen LogP contribution in [0.1, 0.15) is 5.56 Å². The summed E-state index contributed by atoms with van der Waals surface area (Å²) in [7, 11) is -2.50. The number of phenols is 1. The molecule has 0 unspecified atom stereocenters. The van der Waals surface area contributed by atoms with Crippen LogP contribution in [0.5, 0.6) is 5.75 Å². The van der Waals surface area contributed by atoms with Crippen molar-refractivity contribution in [2.24, 2.45) is 0 Å². The van der Waals surface area contributed by atoms with E-state index < -0.39 is 8.41 Å². The van der Waals surface area contributed by atoms with E-state index in [1.54, 1.807) is 43.4 Å². The van der Waals surface area contributed by atoms with Crippen LogP contribution in [0, 0.1) is 0 Å². The van der Waals surface area contributed by atoms with Crippen molar-refractivity contribution < 1.29 is 9.21 Å². The van der Waals surface area contributed by atoms with E-state index in [1.807, 2.05) is 6.07 Å². The molecule has 0 heterocycles. The molecule has 0 saturated carbocycles. The van der Waals surface area contributed by atoms with Gasteiger partial charge in [0.25, 0.3) is 0 Å². The van der Waals surface area contributed by atoms with E-state index in [9.17, 15) is 9.21 Å². The molecular formula is C11H15FOSi. The molecule has 0 saturated heterocycles. The fraction of sp³-hybridized carbons (Fsp3) is 0.273.